The van der Waals surface area contributed by atoms with Crippen LogP contribution in [0.1, 0.15) is 25.6 Å². The van der Waals surface area contributed by atoms with Crippen molar-refractivity contribution in [2.45, 2.75) is 32.2 Å². The lowest BCUT2D eigenvalue weighted by atomic mass is 10.3. The van der Waals surface area contributed by atoms with E-state index in [2.05, 4.69) is 25.8 Å². The van der Waals surface area contributed by atoms with Gasteiger partial charge in [0.15, 0.2) is 21.4 Å². The maximum absolute atomic E-state index is 11.6. The topological polar surface area (TPSA) is 101 Å². The van der Waals surface area contributed by atoms with Crippen LogP contribution in [0.25, 0.3) is 5.65 Å². The monoisotopic (exact) mass is 364 g/mol. The Morgan fingerprint density at radius 2 is 2.28 bits per heavy atom. The summed E-state index contributed by atoms with van der Waals surface area (Å²) in [6, 6.07) is 5.77. The smallest absolute Gasteiger partial charge is 0.191 e. The van der Waals surface area contributed by atoms with E-state index in [0.717, 1.165) is 30.9 Å². The van der Waals surface area contributed by atoms with E-state index in [0.29, 0.717) is 18.9 Å². The van der Waals surface area contributed by atoms with Crippen LogP contribution in [0.2, 0.25) is 0 Å². The van der Waals surface area contributed by atoms with Crippen LogP contribution < -0.4 is 10.6 Å². The number of aryl methyl sites for hydroxylation is 1. The number of nitrogens with zero attached hydrogens (tertiary/aromatic N) is 4. The van der Waals surface area contributed by atoms with E-state index in [1.54, 1.807) is 0 Å². The second-order valence-corrected chi connectivity index (χ2v) is 8.38. The summed E-state index contributed by atoms with van der Waals surface area (Å²) in [6.45, 7) is 3.36. The van der Waals surface area contributed by atoms with Crippen LogP contribution in [-0.2, 0) is 16.3 Å². The van der Waals surface area contributed by atoms with Crippen molar-refractivity contribution in [3.05, 3.63) is 30.2 Å². The Hall–Kier alpha value is -2.16. The number of hydrogen-bond donors (Lipinski definition) is 2. The lowest BCUT2D eigenvalue weighted by Gasteiger charge is -2.15. The molecule has 1 saturated heterocycles. The molecule has 1 atom stereocenters. The largest absolute Gasteiger partial charge is 0.357 e. The summed E-state index contributed by atoms with van der Waals surface area (Å²) < 4.78 is 25.1. The molecule has 1 aliphatic rings. The Balaban J connectivity index is 1.53. The molecular formula is C16H24N6O2S. The molecule has 0 bridgehead atoms. The molecule has 1 aliphatic heterocycles. The zero-order valence-corrected chi connectivity index (χ0v) is 15.2. The average Bonchev–Trinajstić information content (AvgIpc) is 3.15. The fraction of sp³-hybridized carbons (Fsp3) is 0.562. The van der Waals surface area contributed by atoms with Crippen molar-refractivity contribution < 1.29 is 8.42 Å². The Bertz CT molecular complexity index is 845. The van der Waals surface area contributed by atoms with Crippen LogP contribution in [0.3, 0.4) is 0 Å². The molecule has 136 valence electrons. The highest BCUT2D eigenvalue weighted by Crippen LogP contribution is 2.11. The molecule has 3 heterocycles. The number of pyridine rings is 1. The van der Waals surface area contributed by atoms with E-state index in [4.69, 9.17) is 0 Å². The van der Waals surface area contributed by atoms with Gasteiger partial charge in [-0.3, -0.25) is 9.39 Å². The molecular weight excluding hydrogens is 340 g/mol. The fourth-order valence-corrected chi connectivity index (χ4v) is 4.58. The van der Waals surface area contributed by atoms with Crippen molar-refractivity contribution in [2.24, 2.45) is 4.99 Å². The molecule has 1 unspecified atom stereocenters. The number of aromatic nitrogens is 3. The van der Waals surface area contributed by atoms with Gasteiger partial charge in [-0.15, -0.1) is 10.2 Å². The van der Waals surface area contributed by atoms with Gasteiger partial charge in [0.1, 0.15) is 5.82 Å². The minimum Gasteiger partial charge on any atom is -0.357 e. The Kier molecular flexibility index (Phi) is 5.52. The summed E-state index contributed by atoms with van der Waals surface area (Å²) >= 11 is 0. The van der Waals surface area contributed by atoms with E-state index in [1.807, 2.05) is 35.7 Å². The van der Waals surface area contributed by atoms with Gasteiger partial charge >= 0.3 is 0 Å². The van der Waals surface area contributed by atoms with Gasteiger partial charge in [0.25, 0.3) is 0 Å². The van der Waals surface area contributed by atoms with Crippen molar-refractivity contribution in [1.29, 1.82) is 0 Å². The van der Waals surface area contributed by atoms with Crippen molar-refractivity contribution in [3.8, 4) is 0 Å². The summed E-state index contributed by atoms with van der Waals surface area (Å²) in [6.07, 6.45) is 4.22. The van der Waals surface area contributed by atoms with Crippen molar-refractivity contribution >= 4 is 21.4 Å². The number of hydrogen-bond acceptors (Lipinski definition) is 5. The van der Waals surface area contributed by atoms with Gasteiger partial charge < -0.3 is 10.6 Å². The first kappa shape index (κ1) is 17.7. The van der Waals surface area contributed by atoms with Crippen LogP contribution in [0.15, 0.2) is 29.4 Å². The van der Waals surface area contributed by atoms with E-state index < -0.39 is 9.84 Å². The summed E-state index contributed by atoms with van der Waals surface area (Å²) in [7, 11) is -2.89. The van der Waals surface area contributed by atoms with Gasteiger partial charge in [0, 0.05) is 31.7 Å². The summed E-state index contributed by atoms with van der Waals surface area (Å²) in [5, 5.41) is 14.7. The number of nitrogens with one attached hydrogen (secondary N) is 2. The Morgan fingerprint density at radius 3 is 3.04 bits per heavy atom. The molecule has 2 aromatic rings. The first-order chi connectivity index (χ1) is 12.1. The van der Waals surface area contributed by atoms with Gasteiger partial charge in [-0.1, -0.05) is 6.07 Å². The molecule has 0 amide bonds. The third-order valence-corrected chi connectivity index (χ3v) is 5.90. The minimum atomic E-state index is -2.89. The fourth-order valence-electron chi connectivity index (χ4n) is 2.91. The molecule has 0 aromatic carbocycles. The quantitative estimate of drug-likeness (QED) is 0.437. The lowest BCUT2D eigenvalue weighted by molar-refractivity contribution is 0.599. The van der Waals surface area contributed by atoms with E-state index in [9.17, 15) is 8.42 Å². The highest BCUT2D eigenvalue weighted by Gasteiger charge is 2.28. The van der Waals surface area contributed by atoms with Gasteiger partial charge in [0.2, 0.25) is 0 Å². The molecule has 1 fully saturated rings. The molecule has 3 rings (SSSR count). The zero-order valence-electron chi connectivity index (χ0n) is 14.4. The van der Waals surface area contributed by atoms with Crippen LogP contribution in [-0.4, -0.2) is 59.6 Å². The maximum atomic E-state index is 11.6. The van der Waals surface area contributed by atoms with Gasteiger partial charge in [-0.2, -0.15) is 0 Å². The molecule has 2 N–H and O–H groups in total. The minimum absolute atomic E-state index is 0.0526. The molecule has 25 heavy (non-hydrogen) atoms. The molecule has 0 saturated carbocycles. The lowest BCUT2D eigenvalue weighted by Crippen LogP contribution is -2.44. The third-order valence-electron chi connectivity index (χ3n) is 4.13. The van der Waals surface area contributed by atoms with Crippen molar-refractivity contribution in [1.82, 2.24) is 25.2 Å². The first-order valence-electron chi connectivity index (χ1n) is 8.61. The van der Waals surface area contributed by atoms with Gasteiger partial charge in [-0.25, -0.2) is 8.42 Å². The summed E-state index contributed by atoms with van der Waals surface area (Å²) in [4.78, 5) is 4.55. The van der Waals surface area contributed by atoms with Crippen molar-refractivity contribution in [2.75, 3.05) is 24.6 Å². The van der Waals surface area contributed by atoms with E-state index in [1.165, 1.54) is 0 Å². The SMILES string of the molecule is CCNC(=NCCCc1nnc2ccccn12)NC1CCS(=O)(=O)C1. The summed E-state index contributed by atoms with van der Waals surface area (Å²) in [5.74, 6) is 2.04. The highest BCUT2D eigenvalue weighted by molar-refractivity contribution is 7.91. The molecule has 8 nitrogen and oxygen atoms in total. The number of aliphatic imine (C=N–C) groups is 1. The second-order valence-electron chi connectivity index (χ2n) is 6.15. The molecule has 0 radical (unpaired) electrons. The predicted molar refractivity (Wildman–Crippen MR) is 97.5 cm³/mol. The van der Waals surface area contributed by atoms with E-state index >= 15 is 0 Å². The normalized spacial score (nSPS) is 20.0. The van der Waals surface area contributed by atoms with Crippen LogP contribution in [0.4, 0.5) is 0 Å². The average molecular weight is 364 g/mol. The van der Waals surface area contributed by atoms with Crippen LogP contribution in [0, 0.1) is 0 Å². The Morgan fingerprint density at radius 1 is 1.40 bits per heavy atom. The van der Waals surface area contributed by atoms with Crippen LogP contribution in [0.5, 0.6) is 0 Å². The standard InChI is InChI=1S/C16H24N6O2S/c1-2-17-16(19-13-8-11-25(23,24)12-13)18-9-5-7-15-21-20-14-6-3-4-10-22(14)15/h3-4,6,10,13H,2,5,7-9,11-12H2,1H3,(H2,17,18,19). The number of rotatable bonds is 6. The number of guanidine groups is 1. The molecule has 9 heteroatoms. The predicted octanol–water partition coefficient (Wildman–Crippen LogP) is 0.404. The summed E-state index contributed by atoms with van der Waals surface area (Å²) in [5.41, 5.74) is 0.846. The number of fused-ring (bicyclic) bond motifs is 1. The van der Waals surface area contributed by atoms with Crippen LogP contribution >= 0.6 is 0 Å². The first-order valence-corrected chi connectivity index (χ1v) is 10.4. The number of sulfone groups is 1. The maximum Gasteiger partial charge on any atom is 0.191 e. The third kappa shape index (κ3) is 4.68. The zero-order chi connectivity index (χ0) is 17.7. The molecule has 0 aliphatic carbocycles. The van der Waals surface area contributed by atoms with Gasteiger partial charge in [0.05, 0.1) is 11.5 Å². The Labute approximate surface area is 147 Å². The second kappa shape index (κ2) is 7.81. The van der Waals surface area contributed by atoms with Gasteiger partial charge in [-0.05, 0) is 31.9 Å². The highest BCUT2D eigenvalue weighted by atomic mass is 32.2. The molecule has 2 aromatic heterocycles. The van der Waals surface area contributed by atoms with E-state index in [-0.39, 0.29) is 17.5 Å². The molecule has 0 spiro atoms. The van der Waals surface area contributed by atoms with Crippen molar-refractivity contribution in [3.63, 3.8) is 0 Å².